The molecule has 1 saturated carbocycles. The van der Waals surface area contributed by atoms with Gasteiger partial charge in [-0.3, -0.25) is 9.59 Å². The molecule has 3 rings (SSSR count). The number of hydrogen-bond donors (Lipinski definition) is 1. The van der Waals surface area contributed by atoms with Crippen LogP contribution in [-0.2, 0) is 16.0 Å². The number of carbonyl (C=O) groups excluding carboxylic acids is 1. The molecule has 0 radical (unpaired) electrons. The highest BCUT2D eigenvalue weighted by Gasteiger charge is 2.56. The lowest BCUT2D eigenvalue weighted by Gasteiger charge is -2.43. The van der Waals surface area contributed by atoms with Crippen LogP contribution in [0.2, 0.25) is 0 Å². The molecule has 1 amide bonds. The quantitative estimate of drug-likeness (QED) is 0.825. The summed E-state index contributed by atoms with van der Waals surface area (Å²) in [5.41, 5.74) is -0.253. The molecule has 4 nitrogen and oxygen atoms in total. The van der Waals surface area contributed by atoms with Crippen molar-refractivity contribution in [1.29, 1.82) is 0 Å². The molecule has 8 heteroatoms. The highest BCUT2D eigenvalue weighted by molar-refractivity contribution is 5.85. The molecule has 0 unspecified atom stereocenters. The lowest BCUT2D eigenvalue weighted by Crippen LogP contribution is -2.49. The van der Waals surface area contributed by atoms with Crippen molar-refractivity contribution in [3.63, 3.8) is 0 Å². The van der Waals surface area contributed by atoms with Crippen molar-refractivity contribution in [1.82, 2.24) is 4.90 Å². The van der Waals surface area contributed by atoms with Gasteiger partial charge in [0.25, 0.3) is 0 Å². The highest BCUT2D eigenvalue weighted by atomic mass is 19.4. The SMILES string of the molecule is O=C(O)[C@@H]1CN(C(=O)C2(Cc3cccc(F)c3)CCC2)C[C@H]1C(F)(F)F. The second kappa shape index (κ2) is 6.55. The van der Waals surface area contributed by atoms with Gasteiger partial charge in [0.2, 0.25) is 5.91 Å². The van der Waals surface area contributed by atoms with Gasteiger partial charge in [0.05, 0.1) is 17.3 Å². The van der Waals surface area contributed by atoms with Crippen LogP contribution in [0.4, 0.5) is 17.6 Å². The zero-order valence-corrected chi connectivity index (χ0v) is 13.9. The Morgan fingerprint density at radius 2 is 1.92 bits per heavy atom. The summed E-state index contributed by atoms with van der Waals surface area (Å²) < 4.78 is 52.8. The summed E-state index contributed by atoms with van der Waals surface area (Å²) >= 11 is 0. The van der Waals surface area contributed by atoms with E-state index in [1.54, 1.807) is 6.07 Å². The third kappa shape index (κ3) is 3.41. The summed E-state index contributed by atoms with van der Waals surface area (Å²) in [6, 6.07) is 5.80. The average molecular weight is 373 g/mol. The molecule has 2 atom stereocenters. The van der Waals surface area contributed by atoms with Crippen molar-refractivity contribution in [2.75, 3.05) is 13.1 Å². The fraction of sp³-hybridized carbons (Fsp3) is 0.556. The fourth-order valence-electron chi connectivity index (χ4n) is 3.99. The normalized spacial score (nSPS) is 25.0. The Bertz CT molecular complexity index is 715. The first-order chi connectivity index (χ1) is 12.1. The van der Waals surface area contributed by atoms with Crippen molar-refractivity contribution < 1.29 is 32.3 Å². The summed E-state index contributed by atoms with van der Waals surface area (Å²) in [7, 11) is 0. The van der Waals surface area contributed by atoms with Crippen LogP contribution in [0.5, 0.6) is 0 Å². The van der Waals surface area contributed by atoms with Crippen molar-refractivity contribution in [2.24, 2.45) is 17.3 Å². The summed E-state index contributed by atoms with van der Waals surface area (Å²) in [5, 5.41) is 9.11. The third-order valence-electron chi connectivity index (χ3n) is 5.54. The molecule has 0 spiro atoms. The number of rotatable bonds is 4. The molecule has 1 aromatic carbocycles. The molecule has 1 heterocycles. The number of nitrogens with zero attached hydrogens (tertiary/aromatic N) is 1. The van der Waals surface area contributed by atoms with Gasteiger partial charge in [-0.1, -0.05) is 18.6 Å². The molecule has 0 aromatic heterocycles. The zero-order chi connectivity index (χ0) is 19.1. The molecule has 142 valence electrons. The maximum absolute atomic E-state index is 13.4. The lowest BCUT2D eigenvalue weighted by molar-refractivity contribution is -0.188. The number of amides is 1. The fourth-order valence-corrected chi connectivity index (χ4v) is 3.99. The number of carboxylic acid groups (broad SMARTS) is 1. The van der Waals surface area contributed by atoms with Gasteiger partial charge in [0, 0.05) is 13.1 Å². The Kier molecular flexibility index (Phi) is 4.71. The molecule has 2 fully saturated rings. The van der Waals surface area contributed by atoms with Gasteiger partial charge >= 0.3 is 12.1 Å². The maximum Gasteiger partial charge on any atom is 0.394 e. The van der Waals surface area contributed by atoms with Gasteiger partial charge in [-0.15, -0.1) is 0 Å². The van der Waals surface area contributed by atoms with Gasteiger partial charge in [0.15, 0.2) is 0 Å². The van der Waals surface area contributed by atoms with Crippen molar-refractivity contribution >= 4 is 11.9 Å². The van der Waals surface area contributed by atoms with Crippen molar-refractivity contribution in [3.8, 4) is 0 Å². The number of benzene rings is 1. The number of hydrogen-bond acceptors (Lipinski definition) is 2. The Hall–Kier alpha value is -2.12. The third-order valence-corrected chi connectivity index (χ3v) is 5.54. The summed E-state index contributed by atoms with van der Waals surface area (Å²) in [5.74, 6) is -6.14. The zero-order valence-electron chi connectivity index (χ0n) is 13.9. The Balaban J connectivity index is 1.80. The standard InChI is InChI=1S/C18H19F4NO3/c19-12-4-1-3-11(7-12)8-17(5-2-6-17)16(26)23-9-13(15(24)25)14(10-23)18(20,21)22/h1,3-4,7,13-14H,2,5-6,8-10H2,(H,24,25)/t13-,14-/m1/s1. The number of carboxylic acids is 1. The number of carbonyl (C=O) groups is 2. The van der Waals surface area contributed by atoms with Crippen LogP contribution in [0.15, 0.2) is 24.3 Å². The lowest BCUT2D eigenvalue weighted by atomic mass is 9.64. The molecule has 0 bridgehead atoms. The number of alkyl halides is 3. The largest absolute Gasteiger partial charge is 0.481 e. The first-order valence-electron chi connectivity index (χ1n) is 8.46. The molecule has 1 saturated heterocycles. The minimum Gasteiger partial charge on any atom is -0.481 e. The summed E-state index contributed by atoms with van der Waals surface area (Å²) in [6.07, 6.45) is -2.65. The van der Waals surface area contributed by atoms with Crippen molar-refractivity contribution in [3.05, 3.63) is 35.6 Å². The number of aliphatic carboxylic acids is 1. The molecular weight excluding hydrogens is 354 g/mol. The van der Waals surface area contributed by atoms with Crippen LogP contribution in [0.25, 0.3) is 0 Å². The van der Waals surface area contributed by atoms with E-state index in [1.165, 1.54) is 18.2 Å². The van der Waals surface area contributed by atoms with Gasteiger partial charge in [-0.25, -0.2) is 4.39 Å². The Morgan fingerprint density at radius 1 is 1.23 bits per heavy atom. The topological polar surface area (TPSA) is 57.6 Å². The second-order valence-electron chi connectivity index (χ2n) is 7.24. The van der Waals surface area contributed by atoms with E-state index < -0.39 is 54.2 Å². The van der Waals surface area contributed by atoms with Crippen LogP contribution in [0.1, 0.15) is 24.8 Å². The summed E-state index contributed by atoms with van der Waals surface area (Å²) in [6.45, 7) is -1.08. The van der Waals surface area contributed by atoms with Crippen molar-refractivity contribution in [2.45, 2.75) is 31.9 Å². The highest BCUT2D eigenvalue weighted by Crippen LogP contribution is 2.47. The van der Waals surface area contributed by atoms with E-state index in [9.17, 15) is 27.2 Å². The predicted octanol–water partition coefficient (Wildman–Crippen LogP) is 3.26. The molecule has 1 aliphatic carbocycles. The van der Waals surface area contributed by atoms with E-state index in [-0.39, 0.29) is 6.42 Å². The first-order valence-corrected chi connectivity index (χ1v) is 8.46. The monoisotopic (exact) mass is 373 g/mol. The number of likely N-dealkylation sites (tertiary alicyclic amines) is 1. The number of halogens is 4. The second-order valence-corrected chi connectivity index (χ2v) is 7.24. The molecule has 2 aliphatic rings. The summed E-state index contributed by atoms with van der Waals surface area (Å²) in [4.78, 5) is 25.2. The first kappa shape index (κ1) is 18.7. The van der Waals surface area contributed by atoms with Crippen LogP contribution < -0.4 is 0 Å². The van der Waals surface area contributed by atoms with E-state index in [2.05, 4.69) is 0 Å². The van der Waals surface area contributed by atoms with E-state index in [0.717, 1.165) is 11.3 Å². The Morgan fingerprint density at radius 3 is 2.38 bits per heavy atom. The van der Waals surface area contributed by atoms with Gasteiger partial charge in [-0.2, -0.15) is 13.2 Å². The molecule has 26 heavy (non-hydrogen) atoms. The molecule has 1 aliphatic heterocycles. The van der Waals surface area contributed by atoms with E-state index >= 15 is 0 Å². The van der Waals surface area contributed by atoms with E-state index in [1.807, 2.05) is 0 Å². The average Bonchev–Trinajstić information content (AvgIpc) is 2.96. The van der Waals surface area contributed by atoms with Gasteiger partial charge < -0.3 is 10.0 Å². The predicted molar refractivity (Wildman–Crippen MR) is 83.6 cm³/mol. The minimum atomic E-state index is -4.67. The van der Waals surface area contributed by atoms with Crippen LogP contribution >= 0.6 is 0 Å². The minimum absolute atomic E-state index is 0.245. The van der Waals surface area contributed by atoms with E-state index in [4.69, 9.17) is 5.11 Å². The van der Waals surface area contributed by atoms with Crippen LogP contribution in [0, 0.1) is 23.1 Å². The molecule has 1 aromatic rings. The maximum atomic E-state index is 13.4. The van der Waals surface area contributed by atoms with Gasteiger partial charge in [-0.05, 0) is 37.0 Å². The molecular formula is C18H19F4NO3. The van der Waals surface area contributed by atoms with E-state index in [0.29, 0.717) is 18.4 Å². The van der Waals surface area contributed by atoms with Gasteiger partial charge in [0.1, 0.15) is 5.82 Å². The molecule has 1 N–H and O–H groups in total. The van der Waals surface area contributed by atoms with Crippen LogP contribution in [-0.4, -0.2) is 41.1 Å². The Labute approximate surface area is 147 Å². The van der Waals surface area contributed by atoms with Crippen LogP contribution in [0.3, 0.4) is 0 Å². The smallest absolute Gasteiger partial charge is 0.394 e.